The molecule has 2 aliphatic rings. The van der Waals surface area contributed by atoms with Gasteiger partial charge in [0.05, 0.1) is 19.3 Å². The SMILES string of the molecule is CC1CN(C(C)(CN)C2CCOC2)C(C)CO1. The van der Waals surface area contributed by atoms with E-state index in [0.717, 1.165) is 32.8 Å². The molecule has 0 aliphatic carbocycles. The molecular formula is C13H26N2O2. The second-order valence-corrected chi connectivity index (χ2v) is 5.77. The maximum Gasteiger partial charge on any atom is 0.0675 e. The summed E-state index contributed by atoms with van der Waals surface area (Å²) in [7, 11) is 0. The summed E-state index contributed by atoms with van der Waals surface area (Å²) in [5.41, 5.74) is 6.14. The molecule has 2 fully saturated rings. The largest absolute Gasteiger partial charge is 0.381 e. The molecule has 2 rings (SSSR count). The van der Waals surface area contributed by atoms with Crippen LogP contribution in [0.25, 0.3) is 0 Å². The van der Waals surface area contributed by atoms with Crippen LogP contribution in [0.1, 0.15) is 27.2 Å². The molecule has 0 bridgehead atoms. The highest BCUT2D eigenvalue weighted by Gasteiger charge is 2.44. The van der Waals surface area contributed by atoms with Gasteiger partial charge < -0.3 is 15.2 Å². The van der Waals surface area contributed by atoms with Gasteiger partial charge in [0.25, 0.3) is 0 Å². The van der Waals surface area contributed by atoms with Crippen LogP contribution < -0.4 is 5.73 Å². The molecule has 0 amide bonds. The molecule has 2 heterocycles. The van der Waals surface area contributed by atoms with Gasteiger partial charge in [-0.25, -0.2) is 0 Å². The van der Waals surface area contributed by atoms with Crippen LogP contribution >= 0.6 is 0 Å². The molecule has 4 nitrogen and oxygen atoms in total. The fourth-order valence-electron chi connectivity index (χ4n) is 3.16. The van der Waals surface area contributed by atoms with Crippen molar-refractivity contribution in [3.05, 3.63) is 0 Å². The minimum Gasteiger partial charge on any atom is -0.381 e. The van der Waals surface area contributed by atoms with Gasteiger partial charge in [-0.15, -0.1) is 0 Å². The van der Waals surface area contributed by atoms with Crippen LogP contribution in [-0.2, 0) is 9.47 Å². The first-order chi connectivity index (χ1) is 8.08. The standard InChI is InChI=1S/C13H26N2O2/c1-10-7-17-11(2)6-15(10)13(3,9-14)12-4-5-16-8-12/h10-12H,4-9,14H2,1-3H3. The first-order valence-corrected chi connectivity index (χ1v) is 6.74. The molecule has 2 N–H and O–H groups in total. The number of rotatable bonds is 3. The lowest BCUT2D eigenvalue weighted by Crippen LogP contribution is -2.64. The smallest absolute Gasteiger partial charge is 0.0675 e. The van der Waals surface area contributed by atoms with E-state index in [9.17, 15) is 0 Å². The minimum atomic E-state index is 0.0496. The van der Waals surface area contributed by atoms with Gasteiger partial charge >= 0.3 is 0 Å². The Kier molecular flexibility index (Phi) is 4.08. The zero-order valence-corrected chi connectivity index (χ0v) is 11.3. The lowest BCUT2D eigenvalue weighted by Gasteiger charge is -2.50. The zero-order chi connectivity index (χ0) is 12.5. The van der Waals surface area contributed by atoms with Crippen molar-refractivity contribution in [1.29, 1.82) is 0 Å². The Hall–Kier alpha value is -0.160. The second-order valence-electron chi connectivity index (χ2n) is 5.77. The van der Waals surface area contributed by atoms with E-state index in [1.165, 1.54) is 0 Å². The van der Waals surface area contributed by atoms with Gasteiger partial charge in [-0.1, -0.05) is 0 Å². The molecule has 0 saturated carbocycles. The van der Waals surface area contributed by atoms with Gasteiger partial charge in [-0.05, 0) is 27.2 Å². The fraction of sp³-hybridized carbons (Fsp3) is 1.00. The highest BCUT2D eigenvalue weighted by molar-refractivity contribution is 4.98. The number of ether oxygens (including phenoxy) is 2. The van der Waals surface area contributed by atoms with Crippen molar-refractivity contribution in [2.24, 2.45) is 11.7 Å². The summed E-state index contributed by atoms with van der Waals surface area (Å²) in [4.78, 5) is 2.54. The highest BCUT2D eigenvalue weighted by Crippen LogP contribution is 2.33. The predicted octanol–water partition coefficient (Wildman–Crippen LogP) is 0.850. The van der Waals surface area contributed by atoms with E-state index in [1.807, 2.05) is 0 Å². The molecule has 0 spiro atoms. The van der Waals surface area contributed by atoms with E-state index in [0.29, 0.717) is 24.6 Å². The summed E-state index contributed by atoms with van der Waals surface area (Å²) in [5, 5.41) is 0. The molecule has 100 valence electrons. The molecule has 0 aromatic heterocycles. The second kappa shape index (κ2) is 5.22. The Labute approximate surface area is 104 Å². The van der Waals surface area contributed by atoms with Crippen molar-refractivity contribution in [2.75, 3.05) is 32.9 Å². The van der Waals surface area contributed by atoms with E-state index >= 15 is 0 Å². The Morgan fingerprint density at radius 2 is 2.12 bits per heavy atom. The molecule has 2 saturated heterocycles. The topological polar surface area (TPSA) is 47.7 Å². The molecule has 2 aliphatic heterocycles. The van der Waals surface area contributed by atoms with E-state index in [-0.39, 0.29) is 5.54 Å². The summed E-state index contributed by atoms with van der Waals surface area (Å²) >= 11 is 0. The Bertz CT molecular complexity index is 256. The third-order valence-electron chi connectivity index (χ3n) is 4.49. The van der Waals surface area contributed by atoms with Crippen LogP contribution in [0, 0.1) is 5.92 Å². The van der Waals surface area contributed by atoms with Crippen molar-refractivity contribution in [2.45, 2.75) is 44.9 Å². The van der Waals surface area contributed by atoms with E-state index in [2.05, 4.69) is 25.7 Å². The van der Waals surface area contributed by atoms with Crippen molar-refractivity contribution >= 4 is 0 Å². The van der Waals surface area contributed by atoms with Gasteiger partial charge in [-0.2, -0.15) is 0 Å². The minimum absolute atomic E-state index is 0.0496. The van der Waals surface area contributed by atoms with Crippen molar-refractivity contribution in [3.63, 3.8) is 0 Å². The highest BCUT2D eigenvalue weighted by atomic mass is 16.5. The third kappa shape index (κ3) is 2.50. The van der Waals surface area contributed by atoms with Crippen molar-refractivity contribution in [3.8, 4) is 0 Å². The monoisotopic (exact) mass is 242 g/mol. The molecule has 17 heavy (non-hydrogen) atoms. The first kappa shape index (κ1) is 13.3. The number of nitrogens with two attached hydrogens (primary N) is 1. The summed E-state index contributed by atoms with van der Waals surface area (Å²) in [6, 6.07) is 0.445. The molecule has 0 aromatic rings. The lowest BCUT2D eigenvalue weighted by molar-refractivity contribution is -0.103. The average Bonchev–Trinajstić information content (AvgIpc) is 2.85. The normalized spacial score (nSPS) is 39.2. The molecule has 4 heteroatoms. The lowest BCUT2D eigenvalue weighted by atomic mass is 9.81. The summed E-state index contributed by atoms with van der Waals surface area (Å²) in [6.45, 7) is 10.9. The summed E-state index contributed by atoms with van der Waals surface area (Å²) in [6.07, 6.45) is 1.44. The van der Waals surface area contributed by atoms with Gasteiger partial charge in [0.2, 0.25) is 0 Å². The fourth-order valence-corrected chi connectivity index (χ4v) is 3.16. The van der Waals surface area contributed by atoms with E-state index < -0.39 is 0 Å². The maximum atomic E-state index is 6.09. The number of hydrogen-bond donors (Lipinski definition) is 1. The quantitative estimate of drug-likeness (QED) is 0.797. The van der Waals surface area contributed by atoms with Crippen LogP contribution in [0.2, 0.25) is 0 Å². The van der Waals surface area contributed by atoms with Crippen LogP contribution in [0.15, 0.2) is 0 Å². The van der Waals surface area contributed by atoms with Gasteiger partial charge in [0.15, 0.2) is 0 Å². The Morgan fingerprint density at radius 1 is 1.35 bits per heavy atom. The van der Waals surface area contributed by atoms with Crippen molar-refractivity contribution < 1.29 is 9.47 Å². The van der Waals surface area contributed by atoms with E-state index in [4.69, 9.17) is 15.2 Å². The predicted molar refractivity (Wildman–Crippen MR) is 68.0 cm³/mol. The molecule has 4 atom stereocenters. The van der Waals surface area contributed by atoms with Crippen LogP contribution in [-0.4, -0.2) is 55.5 Å². The molecular weight excluding hydrogens is 216 g/mol. The molecule has 4 unspecified atom stereocenters. The maximum absolute atomic E-state index is 6.09. The number of hydrogen-bond acceptors (Lipinski definition) is 4. The van der Waals surface area contributed by atoms with E-state index in [1.54, 1.807) is 0 Å². The summed E-state index contributed by atoms with van der Waals surface area (Å²) < 4.78 is 11.3. The van der Waals surface area contributed by atoms with Gasteiger partial charge in [0.1, 0.15) is 0 Å². The first-order valence-electron chi connectivity index (χ1n) is 6.74. The molecule has 0 aromatic carbocycles. The Balaban J connectivity index is 2.14. The van der Waals surface area contributed by atoms with Crippen LogP contribution in [0.5, 0.6) is 0 Å². The number of morpholine rings is 1. The van der Waals surface area contributed by atoms with Crippen LogP contribution in [0.3, 0.4) is 0 Å². The zero-order valence-electron chi connectivity index (χ0n) is 11.3. The number of nitrogens with zero attached hydrogens (tertiary/aromatic N) is 1. The molecule has 0 radical (unpaired) electrons. The average molecular weight is 242 g/mol. The Morgan fingerprint density at radius 3 is 2.71 bits per heavy atom. The van der Waals surface area contributed by atoms with Gasteiger partial charge in [0, 0.05) is 37.2 Å². The van der Waals surface area contributed by atoms with Gasteiger partial charge in [-0.3, -0.25) is 4.90 Å². The third-order valence-corrected chi connectivity index (χ3v) is 4.49. The van der Waals surface area contributed by atoms with Crippen LogP contribution in [0.4, 0.5) is 0 Å². The van der Waals surface area contributed by atoms with Crippen molar-refractivity contribution in [1.82, 2.24) is 4.90 Å². The summed E-state index contributed by atoms with van der Waals surface area (Å²) in [5.74, 6) is 0.556.